The highest BCUT2D eigenvalue weighted by molar-refractivity contribution is 5.26. The van der Waals surface area contributed by atoms with Gasteiger partial charge in [-0.2, -0.15) is 0 Å². The lowest BCUT2D eigenvalue weighted by atomic mass is 10.1. The van der Waals surface area contributed by atoms with Crippen LogP contribution in [0.3, 0.4) is 0 Å². The van der Waals surface area contributed by atoms with Gasteiger partial charge in [-0.3, -0.25) is 0 Å². The monoisotopic (exact) mass is 338 g/mol. The molecular formula is C20H34O4. The average Bonchev–Trinajstić information content (AvgIpc) is 2.62. The fourth-order valence-electron chi connectivity index (χ4n) is 2.52. The summed E-state index contributed by atoms with van der Waals surface area (Å²) in [5, 5.41) is 0. The SMILES string of the molecule is COCOCCCCCCCCCCOCc1ccc(OC)cc1. The van der Waals surface area contributed by atoms with Crippen molar-refractivity contribution in [1.82, 2.24) is 0 Å². The second-order valence-corrected chi connectivity index (χ2v) is 6.04. The molecule has 4 heteroatoms. The highest BCUT2D eigenvalue weighted by Crippen LogP contribution is 2.12. The summed E-state index contributed by atoms with van der Waals surface area (Å²) < 4.78 is 21.0. The topological polar surface area (TPSA) is 36.9 Å². The normalized spacial score (nSPS) is 10.9. The number of methoxy groups -OCH3 is 2. The van der Waals surface area contributed by atoms with Crippen LogP contribution in [0.2, 0.25) is 0 Å². The molecule has 0 aliphatic heterocycles. The molecule has 24 heavy (non-hydrogen) atoms. The van der Waals surface area contributed by atoms with Gasteiger partial charge in [0.25, 0.3) is 0 Å². The first kappa shape index (κ1) is 20.9. The molecule has 0 aliphatic rings. The standard InChI is InChI=1S/C20H34O4/c1-21-18-24-16-10-8-6-4-3-5-7-9-15-23-17-19-11-13-20(22-2)14-12-19/h11-14H,3-10,15-18H2,1-2H3. The summed E-state index contributed by atoms with van der Waals surface area (Å²) in [5.74, 6) is 0.890. The van der Waals surface area contributed by atoms with Crippen molar-refractivity contribution in [3.63, 3.8) is 0 Å². The van der Waals surface area contributed by atoms with Crippen molar-refractivity contribution in [2.45, 2.75) is 58.0 Å². The second-order valence-electron chi connectivity index (χ2n) is 6.04. The van der Waals surface area contributed by atoms with Crippen molar-refractivity contribution in [2.24, 2.45) is 0 Å². The molecule has 1 rings (SSSR count). The Labute approximate surface area is 147 Å². The number of unbranched alkanes of at least 4 members (excludes halogenated alkanes) is 7. The lowest BCUT2D eigenvalue weighted by Gasteiger charge is -2.06. The van der Waals surface area contributed by atoms with E-state index in [1.165, 1.54) is 44.1 Å². The van der Waals surface area contributed by atoms with Crippen LogP contribution in [0, 0.1) is 0 Å². The van der Waals surface area contributed by atoms with E-state index in [4.69, 9.17) is 18.9 Å². The smallest absolute Gasteiger partial charge is 0.146 e. The molecule has 0 amide bonds. The molecule has 1 aromatic carbocycles. The van der Waals surface area contributed by atoms with Crippen molar-refractivity contribution in [3.8, 4) is 5.75 Å². The molecule has 0 atom stereocenters. The molecule has 0 aliphatic carbocycles. The summed E-state index contributed by atoms with van der Waals surface area (Å²) in [6.07, 6.45) is 10.1. The Kier molecular flexibility index (Phi) is 13.5. The molecule has 0 saturated carbocycles. The molecule has 4 nitrogen and oxygen atoms in total. The predicted octanol–water partition coefficient (Wildman–Crippen LogP) is 4.95. The minimum absolute atomic E-state index is 0.417. The number of hydrogen-bond donors (Lipinski definition) is 0. The van der Waals surface area contributed by atoms with Crippen molar-refractivity contribution < 1.29 is 18.9 Å². The van der Waals surface area contributed by atoms with Gasteiger partial charge in [-0.1, -0.05) is 50.7 Å². The third kappa shape index (κ3) is 11.4. The van der Waals surface area contributed by atoms with Gasteiger partial charge in [0, 0.05) is 20.3 Å². The van der Waals surface area contributed by atoms with Crippen LogP contribution in [-0.2, 0) is 20.8 Å². The van der Waals surface area contributed by atoms with Crippen molar-refractivity contribution in [2.75, 3.05) is 34.2 Å². The Bertz CT molecular complexity index is 378. The van der Waals surface area contributed by atoms with Gasteiger partial charge in [0.15, 0.2) is 0 Å². The molecule has 1 aromatic rings. The second kappa shape index (κ2) is 15.4. The van der Waals surface area contributed by atoms with Crippen molar-refractivity contribution in [1.29, 1.82) is 0 Å². The van der Waals surface area contributed by atoms with E-state index in [-0.39, 0.29) is 0 Å². The average molecular weight is 338 g/mol. The summed E-state index contributed by atoms with van der Waals surface area (Å²) in [6, 6.07) is 8.06. The number of benzene rings is 1. The Morgan fingerprint density at radius 2 is 1.21 bits per heavy atom. The van der Waals surface area contributed by atoms with Gasteiger partial charge in [-0.25, -0.2) is 0 Å². The van der Waals surface area contributed by atoms with Gasteiger partial charge in [-0.15, -0.1) is 0 Å². The molecule has 0 spiro atoms. The molecule has 0 bridgehead atoms. The summed E-state index contributed by atoms with van der Waals surface area (Å²) in [6.45, 7) is 2.78. The Morgan fingerprint density at radius 3 is 1.75 bits per heavy atom. The van der Waals surface area contributed by atoms with Crippen LogP contribution in [-0.4, -0.2) is 34.2 Å². The lowest BCUT2D eigenvalue weighted by molar-refractivity contribution is -0.0315. The number of ether oxygens (including phenoxy) is 4. The quantitative estimate of drug-likeness (QED) is 0.315. The van der Waals surface area contributed by atoms with Gasteiger partial charge >= 0.3 is 0 Å². The third-order valence-corrected chi connectivity index (χ3v) is 3.96. The van der Waals surface area contributed by atoms with Gasteiger partial charge in [0.1, 0.15) is 12.5 Å². The largest absolute Gasteiger partial charge is 0.497 e. The maximum atomic E-state index is 5.72. The van der Waals surface area contributed by atoms with E-state index < -0.39 is 0 Å². The Balaban J connectivity index is 1.80. The molecule has 0 N–H and O–H groups in total. The summed E-state index contributed by atoms with van der Waals surface area (Å²) in [5.41, 5.74) is 1.20. The fourth-order valence-corrected chi connectivity index (χ4v) is 2.52. The van der Waals surface area contributed by atoms with Crippen LogP contribution in [0.25, 0.3) is 0 Å². The molecular weight excluding hydrogens is 304 g/mol. The Hall–Kier alpha value is -1.10. The van der Waals surface area contributed by atoms with Crippen LogP contribution in [0.1, 0.15) is 56.9 Å². The van der Waals surface area contributed by atoms with Gasteiger partial charge in [0.2, 0.25) is 0 Å². The molecule has 0 unspecified atom stereocenters. The maximum absolute atomic E-state index is 5.72. The molecule has 0 radical (unpaired) electrons. The van der Waals surface area contributed by atoms with Crippen LogP contribution >= 0.6 is 0 Å². The van der Waals surface area contributed by atoms with Gasteiger partial charge in [-0.05, 0) is 30.5 Å². The van der Waals surface area contributed by atoms with E-state index in [0.29, 0.717) is 13.4 Å². The highest BCUT2D eigenvalue weighted by Gasteiger charge is 1.96. The van der Waals surface area contributed by atoms with E-state index in [9.17, 15) is 0 Å². The van der Waals surface area contributed by atoms with Crippen LogP contribution in [0.4, 0.5) is 0 Å². The van der Waals surface area contributed by atoms with E-state index >= 15 is 0 Å². The highest BCUT2D eigenvalue weighted by atomic mass is 16.7. The van der Waals surface area contributed by atoms with Crippen molar-refractivity contribution >= 4 is 0 Å². The zero-order valence-corrected chi connectivity index (χ0v) is 15.4. The first-order valence-corrected chi connectivity index (χ1v) is 9.14. The molecule has 0 saturated heterocycles. The molecule has 0 heterocycles. The van der Waals surface area contributed by atoms with Crippen molar-refractivity contribution in [3.05, 3.63) is 29.8 Å². The summed E-state index contributed by atoms with van der Waals surface area (Å²) in [7, 11) is 3.34. The minimum atomic E-state index is 0.417. The maximum Gasteiger partial charge on any atom is 0.146 e. The zero-order valence-electron chi connectivity index (χ0n) is 15.4. The first-order valence-electron chi connectivity index (χ1n) is 9.14. The third-order valence-electron chi connectivity index (χ3n) is 3.96. The molecule has 0 aromatic heterocycles. The number of rotatable bonds is 16. The minimum Gasteiger partial charge on any atom is -0.497 e. The first-order chi connectivity index (χ1) is 11.9. The van der Waals surface area contributed by atoms with Gasteiger partial charge < -0.3 is 18.9 Å². The number of hydrogen-bond acceptors (Lipinski definition) is 4. The van der Waals surface area contributed by atoms with E-state index in [0.717, 1.165) is 31.8 Å². The molecule has 0 fully saturated rings. The molecule has 138 valence electrons. The Morgan fingerprint density at radius 1 is 0.667 bits per heavy atom. The summed E-state index contributed by atoms with van der Waals surface area (Å²) >= 11 is 0. The van der Waals surface area contributed by atoms with Crippen LogP contribution in [0.15, 0.2) is 24.3 Å². The van der Waals surface area contributed by atoms with E-state index in [1.807, 2.05) is 12.1 Å². The van der Waals surface area contributed by atoms with Crippen LogP contribution < -0.4 is 4.74 Å². The van der Waals surface area contributed by atoms with E-state index in [1.54, 1.807) is 14.2 Å². The van der Waals surface area contributed by atoms with E-state index in [2.05, 4.69) is 12.1 Å². The lowest BCUT2D eigenvalue weighted by Crippen LogP contribution is -1.98. The zero-order chi connectivity index (χ0) is 17.3. The van der Waals surface area contributed by atoms with Crippen LogP contribution in [0.5, 0.6) is 5.75 Å². The van der Waals surface area contributed by atoms with Gasteiger partial charge in [0.05, 0.1) is 13.7 Å². The fraction of sp³-hybridized carbons (Fsp3) is 0.700. The summed E-state index contributed by atoms with van der Waals surface area (Å²) in [4.78, 5) is 0. The predicted molar refractivity (Wildman–Crippen MR) is 97.4 cm³/mol.